The SMILES string of the molecule is Cc1nc(Cl)ccc1NCc1ccc2ccccc2c1. The minimum atomic E-state index is 0.527. The van der Waals surface area contributed by atoms with Crippen LogP contribution in [-0.4, -0.2) is 4.98 Å². The fourth-order valence-corrected chi connectivity index (χ4v) is 2.45. The third-order valence-corrected chi connectivity index (χ3v) is 3.56. The number of aromatic nitrogens is 1. The first-order valence-electron chi connectivity index (χ1n) is 6.57. The van der Waals surface area contributed by atoms with Crippen LogP contribution in [0.3, 0.4) is 0 Å². The molecule has 100 valence electrons. The van der Waals surface area contributed by atoms with E-state index in [-0.39, 0.29) is 0 Å². The Kier molecular flexibility index (Phi) is 3.57. The van der Waals surface area contributed by atoms with E-state index in [2.05, 4.69) is 52.8 Å². The summed E-state index contributed by atoms with van der Waals surface area (Å²) in [5.41, 5.74) is 3.18. The van der Waals surface area contributed by atoms with Gasteiger partial charge in [0.25, 0.3) is 0 Å². The summed E-state index contributed by atoms with van der Waals surface area (Å²) in [6.45, 7) is 2.73. The number of hydrogen-bond acceptors (Lipinski definition) is 2. The minimum Gasteiger partial charge on any atom is -0.380 e. The molecule has 1 heterocycles. The predicted octanol–water partition coefficient (Wildman–Crippen LogP) is 4.81. The maximum Gasteiger partial charge on any atom is 0.129 e. The van der Waals surface area contributed by atoms with Gasteiger partial charge >= 0.3 is 0 Å². The van der Waals surface area contributed by atoms with E-state index in [4.69, 9.17) is 11.6 Å². The topological polar surface area (TPSA) is 24.9 Å². The van der Waals surface area contributed by atoms with Crippen molar-refractivity contribution in [3.8, 4) is 0 Å². The van der Waals surface area contributed by atoms with Gasteiger partial charge in [0.1, 0.15) is 5.15 Å². The number of pyridine rings is 1. The van der Waals surface area contributed by atoms with E-state index < -0.39 is 0 Å². The predicted molar refractivity (Wildman–Crippen MR) is 85.3 cm³/mol. The van der Waals surface area contributed by atoms with Crippen LogP contribution in [0, 0.1) is 6.92 Å². The smallest absolute Gasteiger partial charge is 0.129 e. The van der Waals surface area contributed by atoms with Gasteiger partial charge < -0.3 is 5.32 Å². The van der Waals surface area contributed by atoms with Crippen molar-refractivity contribution < 1.29 is 0 Å². The number of anilines is 1. The normalized spacial score (nSPS) is 10.7. The highest BCUT2D eigenvalue weighted by atomic mass is 35.5. The van der Waals surface area contributed by atoms with Crippen molar-refractivity contribution in [2.45, 2.75) is 13.5 Å². The second-order valence-electron chi connectivity index (χ2n) is 4.80. The van der Waals surface area contributed by atoms with E-state index in [1.807, 2.05) is 13.0 Å². The number of aryl methyl sites for hydroxylation is 1. The summed E-state index contributed by atoms with van der Waals surface area (Å²) < 4.78 is 0. The molecule has 3 aromatic rings. The fraction of sp³-hybridized carbons (Fsp3) is 0.118. The molecule has 0 spiro atoms. The number of halogens is 1. The van der Waals surface area contributed by atoms with Crippen LogP contribution in [0.1, 0.15) is 11.3 Å². The molecule has 0 aliphatic rings. The van der Waals surface area contributed by atoms with Crippen LogP contribution in [0.5, 0.6) is 0 Å². The van der Waals surface area contributed by atoms with Crippen LogP contribution < -0.4 is 5.32 Å². The Morgan fingerprint density at radius 3 is 2.60 bits per heavy atom. The number of rotatable bonds is 3. The average Bonchev–Trinajstić information content (AvgIpc) is 2.46. The van der Waals surface area contributed by atoms with E-state index in [1.54, 1.807) is 6.07 Å². The number of hydrogen-bond donors (Lipinski definition) is 1. The second kappa shape index (κ2) is 5.51. The monoisotopic (exact) mass is 282 g/mol. The molecule has 20 heavy (non-hydrogen) atoms. The Hall–Kier alpha value is -2.06. The molecule has 0 aliphatic carbocycles. The zero-order valence-corrected chi connectivity index (χ0v) is 12.0. The summed E-state index contributed by atoms with van der Waals surface area (Å²) >= 11 is 5.86. The Morgan fingerprint density at radius 1 is 1.00 bits per heavy atom. The maximum absolute atomic E-state index is 5.86. The van der Waals surface area contributed by atoms with Crippen LogP contribution in [0.2, 0.25) is 5.15 Å². The quantitative estimate of drug-likeness (QED) is 0.698. The second-order valence-corrected chi connectivity index (χ2v) is 5.19. The summed E-state index contributed by atoms with van der Waals surface area (Å²) in [7, 11) is 0. The van der Waals surface area contributed by atoms with Gasteiger partial charge in [-0.25, -0.2) is 4.98 Å². The lowest BCUT2D eigenvalue weighted by atomic mass is 10.1. The number of benzene rings is 2. The number of fused-ring (bicyclic) bond motifs is 1. The van der Waals surface area contributed by atoms with E-state index in [1.165, 1.54) is 16.3 Å². The molecular weight excluding hydrogens is 268 g/mol. The summed E-state index contributed by atoms with van der Waals surface area (Å²) in [6.07, 6.45) is 0. The van der Waals surface area contributed by atoms with Gasteiger partial charge in [-0.3, -0.25) is 0 Å². The molecule has 0 radical (unpaired) electrons. The van der Waals surface area contributed by atoms with E-state index >= 15 is 0 Å². The van der Waals surface area contributed by atoms with Crippen molar-refractivity contribution in [1.29, 1.82) is 0 Å². The van der Waals surface area contributed by atoms with Gasteiger partial charge in [0.05, 0.1) is 11.4 Å². The average molecular weight is 283 g/mol. The molecule has 0 unspecified atom stereocenters. The highest BCUT2D eigenvalue weighted by molar-refractivity contribution is 6.29. The number of nitrogens with zero attached hydrogens (tertiary/aromatic N) is 1. The van der Waals surface area contributed by atoms with Gasteiger partial charge in [-0.05, 0) is 41.5 Å². The summed E-state index contributed by atoms with van der Waals surface area (Å²) in [5, 5.41) is 6.45. The van der Waals surface area contributed by atoms with Crippen molar-refractivity contribution in [3.63, 3.8) is 0 Å². The van der Waals surface area contributed by atoms with Crippen LogP contribution in [0.15, 0.2) is 54.6 Å². The number of nitrogens with one attached hydrogen (secondary N) is 1. The van der Waals surface area contributed by atoms with E-state index in [0.717, 1.165) is 17.9 Å². The third-order valence-electron chi connectivity index (χ3n) is 3.35. The van der Waals surface area contributed by atoms with Crippen LogP contribution in [-0.2, 0) is 6.54 Å². The lowest BCUT2D eigenvalue weighted by Gasteiger charge is -2.10. The largest absolute Gasteiger partial charge is 0.380 e. The Labute approximate surface area is 123 Å². The van der Waals surface area contributed by atoms with Crippen LogP contribution in [0.25, 0.3) is 10.8 Å². The van der Waals surface area contributed by atoms with Gasteiger partial charge in [-0.1, -0.05) is 48.0 Å². The molecule has 1 N–H and O–H groups in total. The molecule has 3 rings (SSSR count). The van der Waals surface area contributed by atoms with E-state index in [0.29, 0.717) is 5.15 Å². The fourth-order valence-electron chi connectivity index (χ4n) is 2.26. The first kappa shape index (κ1) is 12.9. The van der Waals surface area contributed by atoms with Crippen molar-refractivity contribution in [2.75, 3.05) is 5.32 Å². The summed E-state index contributed by atoms with van der Waals surface area (Å²) in [5.74, 6) is 0. The van der Waals surface area contributed by atoms with Crippen molar-refractivity contribution in [2.24, 2.45) is 0 Å². The Bertz CT molecular complexity index is 753. The van der Waals surface area contributed by atoms with Gasteiger partial charge in [0.15, 0.2) is 0 Å². The molecule has 0 atom stereocenters. The highest BCUT2D eigenvalue weighted by Gasteiger charge is 2.01. The molecule has 0 bridgehead atoms. The summed E-state index contributed by atoms with van der Waals surface area (Å²) in [4.78, 5) is 4.24. The molecule has 2 nitrogen and oxygen atoms in total. The van der Waals surface area contributed by atoms with Gasteiger partial charge in [0.2, 0.25) is 0 Å². The van der Waals surface area contributed by atoms with Crippen molar-refractivity contribution in [1.82, 2.24) is 4.98 Å². The molecule has 0 saturated heterocycles. The van der Waals surface area contributed by atoms with Gasteiger partial charge in [0, 0.05) is 6.54 Å². The molecule has 2 aromatic carbocycles. The zero-order chi connectivity index (χ0) is 13.9. The van der Waals surface area contributed by atoms with Gasteiger partial charge in [-0.15, -0.1) is 0 Å². The highest BCUT2D eigenvalue weighted by Crippen LogP contribution is 2.19. The standard InChI is InChI=1S/C17H15ClN2/c1-12-16(8-9-17(18)20-12)19-11-13-6-7-14-4-2-3-5-15(14)10-13/h2-10,19H,11H2,1H3. The minimum absolute atomic E-state index is 0.527. The van der Waals surface area contributed by atoms with Crippen molar-refractivity contribution in [3.05, 3.63) is 71.0 Å². The Balaban J connectivity index is 1.79. The molecule has 0 amide bonds. The van der Waals surface area contributed by atoms with E-state index in [9.17, 15) is 0 Å². The molecule has 0 saturated carbocycles. The molecule has 0 fully saturated rings. The molecule has 0 aliphatic heterocycles. The Morgan fingerprint density at radius 2 is 1.80 bits per heavy atom. The lowest BCUT2D eigenvalue weighted by Crippen LogP contribution is -2.02. The first-order valence-corrected chi connectivity index (χ1v) is 6.95. The summed E-state index contributed by atoms with van der Waals surface area (Å²) in [6, 6.07) is 18.7. The third kappa shape index (κ3) is 2.75. The first-order chi connectivity index (χ1) is 9.72. The molecule has 3 heteroatoms. The zero-order valence-electron chi connectivity index (χ0n) is 11.2. The molecule has 1 aromatic heterocycles. The molecular formula is C17H15ClN2. The maximum atomic E-state index is 5.86. The van der Waals surface area contributed by atoms with Crippen molar-refractivity contribution >= 4 is 28.1 Å². The van der Waals surface area contributed by atoms with Crippen LogP contribution in [0.4, 0.5) is 5.69 Å². The van der Waals surface area contributed by atoms with Gasteiger partial charge in [-0.2, -0.15) is 0 Å². The van der Waals surface area contributed by atoms with Crippen LogP contribution >= 0.6 is 11.6 Å². The lowest BCUT2D eigenvalue weighted by molar-refractivity contribution is 1.11.